The number of rotatable bonds is 4. The number of hydrogen-bond acceptors (Lipinski definition) is 3. The van der Waals surface area contributed by atoms with Crippen LogP contribution in [0.5, 0.6) is 0 Å². The number of hydrazine groups is 1. The first kappa shape index (κ1) is 12.4. The second-order valence-corrected chi connectivity index (χ2v) is 4.71. The highest BCUT2D eigenvalue weighted by Crippen LogP contribution is 2.23. The maximum Gasteiger partial charge on any atom is 0.237 e. The quantitative estimate of drug-likeness (QED) is 0.369. The summed E-state index contributed by atoms with van der Waals surface area (Å²) < 4.78 is 0. The Morgan fingerprint density at radius 1 is 1.67 bits per heavy atom. The predicted octanol–water partition coefficient (Wildman–Crippen LogP) is 2.06. The average molecular weight is 245 g/mol. The Kier molecular flexibility index (Phi) is 4.94. The lowest BCUT2D eigenvalue weighted by Crippen LogP contribution is -2.35. The van der Waals surface area contributed by atoms with Gasteiger partial charge < -0.3 is 0 Å². The van der Waals surface area contributed by atoms with E-state index in [1.807, 2.05) is 31.2 Å². The summed E-state index contributed by atoms with van der Waals surface area (Å²) in [5.74, 6) is 5.46. The summed E-state index contributed by atoms with van der Waals surface area (Å²) in [7, 11) is 0. The maximum atomic E-state index is 11.1. The van der Waals surface area contributed by atoms with Gasteiger partial charge in [0.25, 0.3) is 0 Å². The zero-order chi connectivity index (χ0) is 11.3. The molecule has 5 heteroatoms. The molecule has 0 saturated carbocycles. The molecule has 0 saturated heterocycles. The summed E-state index contributed by atoms with van der Waals surface area (Å²) in [5, 5.41) is 0.705. The van der Waals surface area contributed by atoms with Crippen molar-refractivity contribution in [2.24, 2.45) is 11.8 Å². The minimum Gasteiger partial charge on any atom is -0.294 e. The van der Waals surface area contributed by atoms with Gasteiger partial charge in [-0.05, 0) is 18.2 Å². The van der Waals surface area contributed by atoms with Gasteiger partial charge >= 0.3 is 0 Å². The van der Waals surface area contributed by atoms with Crippen molar-refractivity contribution in [1.82, 2.24) is 5.43 Å². The molecule has 0 aliphatic carbocycles. The third-order valence-electron chi connectivity index (χ3n) is 1.89. The van der Waals surface area contributed by atoms with Gasteiger partial charge in [-0.1, -0.05) is 24.6 Å². The van der Waals surface area contributed by atoms with Crippen LogP contribution in [0.2, 0.25) is 5.02 Å². The molecule has 1 atom stereocenters. The van der Waals surface area contributed by atoms with Crippen LogP contribution in [-0.4, -0.2) is 11.7 Å². The van der Waals surface area contributed by atoms with Crippen molar-refractivity contribution in [3.63, 3.8) is 0 Å². The lowest BCUT2D eigenvalue weighted by molar-refractivity contribution is -0.123. The van der Waals surface area contributed by atoms with Gasteiger partial charge in [0.1, 0.15) is 0 Å². The zero-order valence-corrected chi connectivity index (χ0v) is 9.94. The fraction of sp³-hybridized carbons (Fsp3) is 0.300. The van der Waals surface area contributed by atoms with E-state index in [1.165, 1.54) is 0 Å². The molecule has 0 aliphatic heterocycles. The van der Waals surface area contributed by atoms with E-state index in [1.54, 1.807) is 11.8 Å². The van der Waals surface area contributed by atoms with Gasteiger partial charge in [-0.3, -0.25) is 10.2 Å². The first-order valence-corrected chi connectivity index (χ1v) is 5.88. The molecule has 0 radical (unpaired) electrons. The Balaban J connectivity index is 2.47. The van der Waals surface area contributed by atoms with Gasteiger partial charge in [-0.25, -0.2) is 5.84 Å². The zero-order valence-electron chi connectivity index (χ0n) is 8.37. The topological polar surface area (TPSA) is 55.1 Å². The number of amides is 1. The maximum absolute atomic E-state index is 11.1. The Morgan fingerprint density at radius 2 is 2.40 bits per heavy atom. The van der Waals surface area contributed by atoms with E-state index in [2.05, 4.69) is 5.43 Å². The first-order valence-electron chi connectivity index (χ1n) is 4.52. The van der Waals surface area contributed by atoms with E-state index in [4.69, 9.17) is 17.4 Å². The van der Waals surface area contributed by atoms with E-state index in [9.17, 15) is 4.79 Å². The second-order valence-electron chi connectivity index (χ2n) is 3.18. The molecule has 1 rings (SSSR count). The third-order valence-corrected chi connectivity index (χ3v) is 3.37. The van der Waals surface area contributed by atoms with Gasteiger partial charge in [0.2, 0.25) is 5.91 Å². The Hall–Kier alpha value is -0.710. The number of carbonyl (C=O) groups is 1. The molecule has 1 aromatic carbocycles. The number of benzene rings is 1. The van der Waals surface area contributed by atoms with Crippen LogP contribution in [0.3, 0.4) is 0 Å². The molecule has 0 fully saturated rings. The highest BCUT2D eigenvalue weighted by atomic mass is 35.5. The van der Waals surface area contributed by atoms with Crippen LogP contribution in [-0.2, 0) is 4.79 Å². The summed E-state index contributed by atoms with van der Waals surface area (Å²) in [4.78, 5) is 12.2. The second kappa shape index (κ2) is 6.00. The molecule has 0 bridgehead atoms. The van der Waals surface area contributed by atoms with Crippen LogP contribution in [0.15, 0.2) is 29.2 Å². The number of nitrogens with one attached hydrogen (secondary N) is 1. The van der Waals surface area contributed by atoms with Gasteiger partial charge in [0.05, 0.1) is 0 Å². The minimum atomic E-state index is -0.149. The van der Waals surface area contributed by atoms with E-state index in [-0.39, 0.29) is 11.8 Å². The minimum absolute atomic E-state index is 0.112. The van der Waals surface area contributed by atoms with E-state index in [0.29, 0.717) is 10.8 Å². The molecule has 0 spiro atoms. The van der Waals surface area contributed by atoms with Crippen LogP contribution in [0.4, 0.5) is 0 Å². The molecular weight excluding hydrogens is 232 g/mol. The molecule has 15 heavy (non-hydrogen) atoms. The van der Waals surface area contributed by atoms with E-state index < -0.39 is 0 Å². The van der Waals surface area contributed by atoms with Gasteiger partial charge in [0.15, 0.2) is 0 Å². The van der Waals surface area contributed by atoms with Crippen molar-refractivity contribution in [2.75, 3.05) is 5.75 Å². The summed E-state index contributed by atoms with van der Waals surface area (Å²) in [6.45, 7) is 1.83. The van der Waals surface area contributed by atoms with Gasteiger partial charge in [-0.2, -0.15) is 0 Å². The van der Waals surface area contributed by atoms with Crippen LogP contribution >= 0.6 is 23.4 Å². The number of thioether (sulfide) groups is 1. The van der Waals surface area contributed by atoms with Crippen LogP contribution in [0.1, 0.15) is 6.92 Å². The van der Waals surface area contributed by atoms with E-state index >= 15 is 0 Å². The number of hydrogen-bond donors (Lipinski definition) is 2. The number of carbonyl (C=O) groups excluding carboxylic acids is 1. The molecule has 1 unspecified atom stereocenters. The molecule has 0 aliphatic rings. The molecular formula is C10H13ClN2OS. The first-order chi connectivity index (χ1) is 7.13. The predicted molar refractivity (Wildman–Crippen MR) is 63.7 cm³/mol. The molecule has 1 aromatic rings. The Morgan fingerprint density at radius 3 is 3.00 bits per heavy atom. The summed E-state index contributed by atoms with van der Waals surface area (Å²) in [6, 6.07) is 7.54. The normalized spacial score (nSPS) is 12.2. The van der Waals surface area contributed by atoms with Crippen molar-refractivity contribution in [1.29, 1.82) is 0 Å². The SMILES string of the molecule is CC(CSc1cccc(Cl)c1)C(=O)NN. The lowest BCUT2D eigenvalue weighted by atomic mass is 10.2. The van der Waals surface area contributed by atoms with Gasteiger partial charge in [0, 0.05) is 21.6 Å². The van der Waals surface area contributed by atoms with Crippen molar-refractivity contribution in [2.45, 2.75) is 11.8 Å². The van der Waals surface area contributed by atoms with Crippen molar-refractivity contribution in [3.05, 3.63) is 29.3 Å². The van der Waals surface area contributed by atoms with Gasteiger partial charge in [-0.15, -0.1) is 11.8 Å². The monoisotopic (exact) mass is 244 g/mol. The fourth-order valence-corrected chi connectivity index (χ4v) is 2.23. The summed E-state index contributed by atoms with van der Waals surface area (Å²) in [6.07, 6.45) is 0. The molecule has 0 heterocycles. The van der Waals surface area contributed by atoms with Crippen molar-refractivity contribution < 1.29 is 4.79 Å². The fourth-order valence-electron chi connectivity index (χ4n) is 0.996. The van der Waals surface area contributed by atoms with Crippen molar-refractivity contribution in [3.8, 4) is 0 Å². The molecule has 3 N–H and O–H groups in total. The lowest BCUT2D eigenvalue weighted by Gasteiger charge is -2.08. The van der Waals surface area contributed by atoms with Crippen LogP contribution in [0.25, 0.3) is 0 Å². The number of halogens is 1. The molecule has 82 valence electrons. The Bertz CT molecular complexity index is 346. The average Bonchev–Trinajstić information content (AvgIpc) is 2.25. The van der Waals surface area contributed by atoms with Crippen LogP contribution < -0.4 is 11.3 Å². The third kappa shape index (κ3) is 4.11. The standard InChI is InChI=1S/C10H13ClN2OS/c1-7(10(14)13-12)6-15-9-4-2-3-8(11)5-9/h2-5,7H,6,12H2,1H3,(H,13,14). The van der Waals surface area contributed by atoms with Crippen molar-refractivity contribution >= 4 is 29.3 Å². The molecule has 0 aromatic heterocycles. The van der Waals surface area contributed by atoms with E-state index in [0.717, 1.165) is 4.90 Å². The smallest absolute Gasteiger partial charge is 0.237 e. The van der Waals surface area contributed by atoms with Crippen LogP contribution in [0, 0.1) is 5.92 Å². The highest BCUT2D eigenvalue weighted by Gasteiger charge is 2.11. The Labute approximate surface area is 98.3 Å². The number of nitrogens with two attached hydrogens (primary N) is 1. The highest BCUT2D eigenvalue weighted by molar-refractivity contribution is 7.99. The summed E-state index contributed by atoms with van der Waals surface area (Å²) in [5.41, 5.74) is 2.13. The molecule has 1 amide bonds. The largest absolute Gasteiger partial charge is 0.294 e. The molecule has 3 nitrogen and oxygen atoms in total. The summed E-state index contributed by atoms with van der Waals surface area (Å²) >= 11 is 7.42.